The fraction of sp³-hybridized carbons (Fsp3) is 0.625. The Morgan fingerprint density at radius 3 is 2.85 bits per heavy atom. The molecule has 0 radical (unpaired) electrons. The topological polar surface area (TPSA) is 39.7 Å². The first-order valence-corrected chi connectivity index (χ1v) is 7.33. The number of hydrogen-bond acceptors (Lipinski definition) is 4. The summed E-state index contributed by atoms with van der Waals surface area (Å²) in [5, 5.41) is 3.38. The molecule has 1 heterocycles. The summed E-state index contributed by atoms with van der Waals surface area (Å²) < 4.78 is 16.6. The van der Waals surface area contributed by atoms with Gasteiger partial charge in [0.25, 0.3) is 0 Å². The van der Waals surface area contributed by atoms with Crippen molar-refractivity contribution in [3.05, 3.63) is 29.3 Å². The summed E-state index contributed by atoms with van der Waals surface area (Å²) >= 11 is 0. The van der Waals surface area contributed by atoms with Crippen molar-refractivity contribution in [2.24, 2.45) is 0 Å². The van der Waals surface area contributed by atoms with Crippen LogP contribution in [0.4, 0.5) is 0 Å². The van der Waals surface area contributed by atoms with Gasteiger partial charge >= 0.3 is 0 Å². The van der Waals surface area contributed by atoms with Gasteiger partial charge in [0.05, 0.1) is 19.8 Å². The lowest BCUT2D eigenvalue weighted by Crippen LogP contribution is -2.27. The van der Waals surface area contributed by atoms with E-state index in [-0.39, 0.29) is 6.10 Å². The number of aryl methyl sites for hydroxylation is 1. The maximum Gasteiger partial charge on any atom is 0.124 e. The maximum atomic E-state index is 6.15. The Morgan fingerprint density at radius 2 is 2.10 bits per heavy atom. The second-order valence-electron chi connectivity index (χ2n) is 5.21. The van der Waals surface area contributed by atoms with Crippen LogP contribution in [0.1, 0.15) is 24.0 Å². The van der Waals surface area contributed by atoms with Gasteiger partial charge in [0.1, 0.15) is 11.9 Å². The van der Waals surface area contributed by atoms with E-state index in [9.17, 15) is 0 Å². The Morgan fingerprint density at radius 1 is 1.30 bits per heavy atom. The van der Waals surface area contributed by atoms with Crippen LogP contribution in [0.25, 0.3) is 0 Å². The first kappa shape index (κ1) is 15.3. The fourth-order valence-electron chi connectivity index (χ4n) is 2.33. The van der Waals surface area contributed by atoms with Gasteiger partial charge in [-0.05, 0) is 13.0 Å². The lowest BCUT2D eigenvalue weighted by atomic mass is 10.1. The standard InChI is InChI=1S/C16H25NO3/c1-13-3-4-16(20-15-5-8-19-9-6-15)14(11-13)12-17-7-10-18-2/h3-4,11,15,17H,5-10,12H2,1-2H3. The fourth-order valence-corrected chi connectivity index (χ4v) is 2.33. The second-order valence-corrected chi connectivity index (χ2v) is 5.21. The number of rotatable bonds is 7. The number of nitrogens with one attached hydrogen (secondary N) is 1. The van der Waals surface area contributed by atoms with Crippen molar-refractivity contribution in [3.63, 3.8) is 0 Å². The summed E-state index contributed by atoms with van der Waals surface area (Å²) in [7, 11) is 1.72. The molecule has 1 aliphatic heterocycles. The Balaban J connectivity index is 1.95. The predicted octanol–water partition coefficient (Wildman–Crippen LogP) is 2.29. The van der Waals surface area contributed by atoms with Crippen LogP contribution in [0.5, 0.6) is 5.75 Å². The summed E-state index contributed by atoms with van der Waals surface area (Å²) in [4.78, 5) is 0. The molecule has 20 heavy (non-hydrogen) atoms. The molecule has 0 amide bonds. The number of hydrogen-bond donors (Lipinski definition) is 1. The third-order valence-corrected chi connectivity index (χ3v) is 3.48. The predicted molar refractivity (Wildman–Crippen MR) is 79.2 cm³/mol. The van der Waals surface area contributed by atoms with Gasteiger partial charge in [0, 0.05) is 38.6 Å². The van der Waals surface area contributed by atoms with Gasteiger partial charge in [-0.15, -0.1) is 0 Å². The molecular weight excluding hydrogens is 254 g/mol. The van der Waals surface area contributed by atoms with Crippen molar-refractivity contribution in [3.8, 4) is 5.75 Å². The van der Waals surface area contributed by atoms with Crippen LogP contribution in [0.2, 0.25) is 0 Å². The average molecular weight is 279 g/mol. The van der Waals surface area contributed by atoms with Gasteiger partial charge in [0.2, 0.25) is 0 Å². The van der Waals surface area contributed by atoms with Crippen LogP contribution >= 0.6 is 0 Å². The summed E-state index contributed by atoms with van der Waals surface area (Å²) in [6.45, 7) is 6.10. The van der Waals surface area contributed by atoms with Crippen molar-refractivity contribution < 1.29 is 14.2 Å². The summed E-state index contributed by atoms with van der Waals surface area (Å²) in [6.07, 6.45) is 2.23. The summed E-state index contributed by atoms with van der Waals surface area (Å²) in [5.74, 6) is 0.993. The van der Waals surface area contributed by atoms with Gasteiger partial charge in [-0.1, -0.05) is 17.7 Å². The molecule has 4 heteroatoms. The van der Waals surface area contributed by atoms with Crippen LogP contribution in [0.3, 0.4) is 0 Å². The van der Waals surface area contributed by atoms with E-state index >= 15 is 0 Å². The highest BCUT2D eigenvalue weighted by atomic mass is 16.5. The maximum absolute atomic E-state index is 6.15. The molecule has 1 N–H and O–H groups in total. The molecule has 112 valence electrons. The van der Waals surface area contributed by atoms with Crippen LogP contribution in [0.15, 0.2) is 18.2 Å². The Labute approximate surface area is 121 Å². The molecule has 1 aliphatic rings. The van der Waals surface area contributed by atoms with Crippen molar-refractivity contribution >= 4 is 0 Å². The number of benzene rings is 1. The van der Waals surface area contributed by atoms with E-state index in [1.807, 2.05) is 0 Å². The van der Waals surface area contributed by atoms with E-state index in [0.29, 0.717) is 0 Å². The third-order valence-electron chi connectivity index (χ3n) is 3.48. The molecule has 2 rings (SSSR count). The van der Waals surface area contributed by atoms with E-state index in [0.717, 1.165) is 51.5 Å². The van der Waals surface area contributed by atoms with E-state index in [1.54, 1.807) is 7.11 Å². The summed E-state index contributed by atoms with van der Waals surface area (Å²) in [5.41, 5.74) is 2.47. The first-order chi connectivity index (χ1) is 9.79. The molecule has 0 aliphatic carbocycles. The molecule has 1 saturated heterocycles. The zero-order chi connectivity index (χ0) is 14.2. The van der Waals surface area contributed by atoms with Crippen molar-refractivity contribution in [1.82, 2.24) is 5.32 Å². The molecule has 0 spiro atoms. The van der Waals surface area contributed by atoms with Crippen LogP contribution in [-0.2, 0) is 16.0 Å². The molecule has 0 atom stereocenters. The minimum Gasteiger partial charge on any atom is -0.490 e. The highest BCUT2D eigenvalue weighted by Crippen LogP contribution is 2.23. The second kappa shape index (κ2) is 8.25. The molecule has 0 bridgehead atoms. The lowest BCUT2D eigenvalue weighted by molar-refractivity contribution is 0.0251. The van der Waals surface area contributed by atoms with Gasteiger partial charge in [0.15, 0.2) is 0 Å². The Hall–Kier alpha value is -1.10. The zero-order valence-corrected chi connectivity index (χ0v) is 12.5. The van der Waals surface area contributed by atoms with Gasteiger partial charge in [-0.2, -0.15) is 0 Å². The van der Waals surface area contributed by atoms with Gasteiger partial charge in [-0.25, -0.2) is 0 Å². The van der Waals surface area contributed by atoms with Gasteiger partial charge < -0.3 is 19.5 Å². The minimum atomic E-state index is 0.282. The summed E-state index contributed by atoms with van der Waals surface area (Å²) in [6, 6.07) is 6.37. The molecule has 1 aromatic carbocycles. The van der Waals surface area contributed by atoms with E-state index < -0.39 is 0 Å². The van der Waals surface area contributed by atoms with E-state index in [2.05, 4.69) is 30.4 Å². The molecule has 4 nitrogen and oxygen atoms in total. The molecule has 1 fully saturated rings. The third kappa shape index (κ3) is 4.78. The highest BCUT2D eigenvalue weighted by Gasteiger charge is 2.16. The smallest absolute Gasteiger partial charge is 0.124 e. The van der Waals surface area contributed by atoms with Crippen molar-refractivity contribution in [2.45, 2.75) is 32.4 Å². The largest absolute Gasteiger partial charge is 0.490 e. The average Bonchev–Trinajstić information content (AvgIpc) is 2.47. The Kier molecular flexibility index (Phi) is 6.30. The van der Waals surface area contributed by atoms with Crippen molar-refractivity contribution in [2.75, 3.05) is 33.5 Å². The quantitative estimate of drug-likeness (QED) is 0.777. The van der Waals surface area contributed by atoms with Crippen LogP contribution in [-0.4, -0.2) is 39.6 Å². The molecule has 0 saturated carbocycles. The van der Waals surface area contributed by atoms with E-state index in [1.165, 1.54) is 11.1 Å². The molecular formula is C16H25NO3. The van der Waals surface area contributed by atoms with Crippen molar-refractivity contribution in [1.29, 1.82) is 0 Å². The number of ether oxygens (including phenoxy) is 3. The van der Waals surface area contributed by atoms with E-state index in [4.69, 9.17) is 14.2 Å². The SMILES string of the molecule is COCCNCc1cc(C)ccc1OC1CCOCC1. The first-order valence-electron chi connectivity index (χ1n) is 7.33. The molecule has 0 aromatic heterocycles. The van der Waals surface area contributed by atoms with Crippen LogP contribution in [0, 0.1) is 6.92 Å². The zero-order valence-electron chi connectivity index (χ0n) is 12.5. The Bertz CT molecular complexity index is 403. The number of methoxy groups -OCH3 is 1. The monoisotopic (exact) mass is 279 g/mol. The van der Waals surface area contributed by atoms with Gasteiger partial charge in [-0.3, -0.25) is 0 Å². The van der Waals surface area contributed by atoms with Crippen LogP contribution < -0.4 is 10.1 Å². The highest BCUT2D eigenvalue weighted by molar-refractivity contribution is 5.37. The lowest BCUT2D eigenvalue weighted by Gasteiger charge is -2.24. The molecule has 1 aromatic rings. The normalized spacial score (nSPS) is 16.3. The molecule has 0 unspecified atom stereocenters. The minimum absolute atomic E-state index is 0.282.